The number of hydrogen-bond acceptors (Lipinski definition) is 2. The summed E-state index contributed by atoms with van der Waals surface area (Å²) in [5, 5.41) is 8.44. The van der Waals surface area contributed by atoms with Crippen LogP contribution in [0.1, 0.15) is 16.7 Å². The molecular formula is C12H14N2O. The molecule has 1 rings (SSSR count). The maximum absolute atomic E-state index is 11.0. The normalized spacial score (nSPS) is 9.47. The van der Waals surface area contributed by atoms with Gasteiger partial charge in [0.25, 0.3) is 0 Å². The molecule has 0 fully saturated rings. The van der Waals surface area contributed by atoms with E-state index in [-0.39, 0.29) is 0 Å². The highest BCUT2D eigenvalue weighted by molar-refractivity contribution is 5.90. The highest BCUT2D eigenvalue weighted by Gasteiger charge is 2.07. The van der Waals surface area contributed by atoms with Crippen molar-refractivity contribution in [3.05, 3.63) is 34.9 Å². The van der Waals surface area contributed by atoms with Crippen LogP contribution in [0, 0.1) is 25.2 Å². The first-order chi connectivity index (χ1) is 7.04. The van der Waals surface area contributed by atoms with Crippen LogP contribution in [0.5, 0.6) is 0 Å². The van der Waals surface area contributed by atoms with Crippen LogP contribution in [0.15, 0.2) is 18.2 Å². The zero-order chi connectivity index (χ0) is 11.4. The monoisotopic (exact) mass is 202 g/mol. The van der Waals surface area contributed by atoms with Crippen molar-refractivity contribution in [3.63, 3.8) is 0 Å². The van der Waals surface area contributed by atoms with E-state index in [1.807, 2.05) is 32.0 Å². The van der Waals surface area contributed by atoms with Gasteiger partial charge in [-0.15, -0.1) is 0 Å². The molecule has 78 valence electrons. The standard InChI is InChI=1S/C12H14N2O/c1-9-4-5-11(6-10(9)2)8-14(3)12(15)7-13/h4-6H,8H2,1-3H3. The minimum absolute atomic E-state index is 0.480. The van der Waals surface area contributed by atoms with Crippen molar-refractivity contribution in [3.8, 4) is 6.07 Å². The van der Waals surface area contributed by atoms with Gasteiger partial charge in [0.2, 0.25) is 0 Å². The molecule has 0 atom stereocenters. The molecule has 0 saturated carbocycles. The fraction of sp³-hybridized carbons (Fsp3) is 0.333. The molecule has 1 aromatic carbocycles. The van der Waals surface area contributed by atoms with Crippen LogP contribution in [0.2, 0.25) is 0 Å². The lowest BCUT2D eigenvalue weighted by molar-refractivity contribution is -0.124. The van der Waals surface area contributed by atoms with Gasteiger partial charge in [-0.1, -0.05) is 18.2 Å². The van der Waals surface area contributed by atoms with Crippen LogP contribution in [-0.4, -0.2) is 17.9 Å². The summed E-state index contributed by atoms with van der Waals surface area (Å²) in [6.07, 6.45) is 0. The predicted octanol–water partition coefficient (Wildman–Crippen LogP) is 1.79. The number of carbonyl (C=O) groups is 1. The minimum Gasteiger partial charge on any atom is -0.329 e. The zero-order valence-electron chi connectivity index (χ0n) is 9.24. The number of nitriles is 1. The Hall–Kier alpha value is -1.82. The summed E-state index contributed by atoms with van der Waals surface area (Å²) in [5.41, 5.74) is 3.47. The molecule has 0 aromatic heterocycles. The quantitative estimate of drug-likeness (QED) is 0.686. The summed E-state index contributed by atoms with van der Waals surface area (Å²) >= 11 is 0. The molecule has 1 amide bonds. The van der Waals surface area contributed by atoms with Crippen molar-refractivity contribution in [1.29, 1.82) is 5.26 Å². The number of carbonyl (C=O) groups excluding carboxylic acids is 1. The second kappa shape index (κ2) is 4.61. The average molecular weight is 202 g/mol. The molecule has 0 radical (unpaired) electrons. The third-order valence-electron chi connectivity index (χ3n) is 2.43. The highest BCUT2D eigenvalue weighted by atomic mass is 16.2. The summed E-state index contributed by atoms with van der Waals surface area (Å²) in [5.74, 6) is -0.506. The van der Waals surface area contributed by atoms with E-state index in [9.17, 15) is 4.79 Å². The van der Waals surface area contributed by atoms with Gasteiger partial charge >= 0.3 is 5.91 Å². The third-order valence-corrected chi connectivity index (χ3v) is 2.43. The van der Waals surface area contributed by atoms with Crippen molar-refractivity contribution in [1.82, 2.24) is 4.90 Å². The van der Waals surface area contributed by atoms with E-state index in [0.717, 1.165) is 5.56 Å². The fourth-order valence-corrected chi connectivity index (χ4v) is 1.33. The molecule has 0 saturated heterocycles. The molecule has 0 spiro atoms. The lowest BCUT2D eigenvalue weighted by Gasteiger charge is -2.13. The zero-order valence-corrected chi connectivity index (χ0v) is 9.24. The minimum atomic E-state index is -0.506. The Morgan fingerprint density at radius 2 is 2.07 bits per heavy atom. The van der Waals surface area contributed by atoms with Crippen LogP contribution < -0.4 is 0 Å². The van der Waals surface area contributed by atoms with Crippen molar-refractivity contribution >= 4 is 5.91 Å². The number of nitrogens with zero attached hydrogens (tertiary/aromatic N) is 2. The first-order valence-electron chi connectivity index (χ1n) is 4.76. The molecule has 0 aliphatic rings. The van der Waals surface area contributed by atoms with Gasteiger partial charge in [0.05, 0.1) is 0 Å². The highest BCUT2D eigenvalue weighted by Crippen LogP contribution is 2.11. The number of amides is 1. The van der Waals surface area contributed by atoms with Crippen LogP contribution in [0.4, 0.5) is 0 Å². The molecule has 1 aromatic rings. The van der Waals surface area contributed by atoms with Gasteiger partial charge in [0, 0.05) is 13.6 Å². The summed E-state index contributed by atoms with van der Waals surface area (Å²) in [6.45, 7) is 4.56. The van der Waals surface area contributed by atoms with Gasteiger partial charge < -0.3 is 4.90 Å². The Bertz CT molecular complexity index is 418. The molecule has 15 heavy (non-hydrogen) atoms. The first kappa shape index (κ1) is 11.3. The van der Waals surface area contributed by atoms with E-state index in [0.29, 0.717) is 6.54 Å². The Kier molecular flexibility index (Phi) is 3.46. The van der Waals surface area contributed by atoms with Crippen LogP contribution in [-0.2, 0) is 11.3 Å². The summed E-state index contributed by atoms with van der Waals surface area (Å²) in [6, 6.07) is 7.64. The fourth-order valence-electron chi connectivity index (χ4n) is 1.33. The number of rotatable bonds is 2. The molecule has 0 bridgehead atoms. The molecule has 0 aliphatic heterocycles. The molecule has 3 nitrogen and oxygen atoms in total. The Balaban J connectivity index is 2.78. The number of hydrogen-bond donors (Lipinski definition) is 0. The van der Waals surface area contributed by atoms with Crippen molar-refractivity contribution in [2.45, 2.75) is 20.4 Å². The van der Waals surface area contributed by atoms with E-state index in [4.69, 9.17) is 5.26 Å². The van der Waals surface area contributed by atoms with Gasteiger partial charge in [0.15, 0.2) is 6.07 Å². The second-order valence-corrected chi connectivity index (χ2v) is 3.69. The number of benzene rings is 1. The maximum atomic E-state index is 11.0. The second-order valence-electron chi connectivity index (χ2n) is 3.69. The van der Waals surface area contributed by atoms with E-state index in [1.54, 1.807) is 13.1 Å². The lowest BCUT2D eigenvalue weighted by atomic mass is 10.1. The first-order valence-corrected chi connectivity index (χ1v) is 4.76. The van der Waals surface area contributed by atoms with Crippen molar-refractivity contribution in [2.24, 2.45) is 0 Å². The molecule has 0 heterocycles. The average Bonchev–Trinajstić information content (AvgIpc) is 2.22. The maximum Gasteiger partial charge on any atom is 0.325 e. The van der Waals surface area contributed by atoms with Gasteiger partial charge in [-0.3, -0.25) is 4.79 Å². The van der Waals surface area contributed by atoms with Crippen LogP contribution in [0.3, 0.4) is 0 Å². The molecule has 3 heteroatoms. The number of aryl methyl sites for hydroxylation is 2. The van der Waals surface area contributed by atoms with Crippen LogP contribution in [0.25, 0.3) is 0 Å². The van der Waals surface area contributed by atoms with Crippen molar-refractivity contribution < 1.29 is 4.79 Å². The Morgan fingerprint density at radius 3 is 2.60 bits per heavy atom. The van der Waals surface area contributed by atoms with Gasteiger partial charge in [0.1, 0.15) is 0 Å². The smallest absolute Gasteiger partial charge is 0.325 e. The topological polar surface area (TPSA) is 44.1 Å². The SMILES string of the molecule is Cc1ccc(CN(C)C(=O)C#N)cc1C. The van der Waals surface area contributed by atoms with Gasteiger partial charge in [-0.2, -0.15) is 5.26 Å². The Labute approximate surface area is 89.9 Å². The molecule has 0 N–H and O–H groups in total. The molecule has 0 aliphatic carbocycles. The predicted molar refractivity (Wildman–Crippen MR) is 58.0 cm³/mol. The van der Waals surface area contributed by atoms with E-state index in [2.05, 4.69) is 0 Å². The van der Waals surface area contributed by atoms with E-state index in [1.165, 1.54) is 16.0 Å². The van der Waals surface area contributed by atoms with E-state index < -0.39 is 5.91 Å². The van der Waals surface area contributed by atoms with E-state index >= 15 is 0 Å². The van der Waals surface area contributed by atoms with Crippen molar-refractivity contribution in [2.75, 3.05) is 7.05 Å². The van der Waals surface area contributed by atoms with Gasteiger partial charge in [-0.05, 0) is 30.5 Å². The summed E-state index contributed by atoms with van der Waals surface area (Å²) < 4.78 is 0. The van der Waals surface area contributed by atoms with Crippen LogP contribution >= 0.6 is 0 Å². The molecular weight excluding hydrogens is 188 g/mol. The lowest BCUT2D eigenvalue weighted by Crippen LogP contribution is -2.24. The third kappa shape index (κ3) is 2.81. The Morgan fingerprint density at radius 1 is 1.40 bits per heavy atom. The van der Waals surface area contributed by atoms with Gasteiger partial charge in [-0.25, -0.2) is 0 Å². The largest absolute Gasteiger partial charge is 0.329 e. The summed E-state index contributed by atoms with van der Waals surface area (Å²) in [4.78, 5) is 12.4. The summed E-state index contributed by atoms with van der Waals surface area (Å²) in [7, 11) is 1.63. The molecule has 0 unspecified atom stereocenters.